The molecule has 1 aliphatic heterocycles. The van der Waals surface area contributed by atoms with Gasteiger partial charge >= 0.3 is 0 Å². The molecule has 144 valence electrons. The number of sulfonamides is 1. The fourth-order valence-corrected chi connectivity index (χ4v) is 5.92. The predicted octanol–water partition coefficient (Wildman–Crippen LogP) is 5.07. The highest BCUT2D eigenvalue weighted by Gasteiger charge is 2.36. The maximum Gasteiger partial charge on any atom is 0.243 e. The number of hydrogen-bond donors (Lipinski definition) is 0. The monoisotopic (exact) mass is 410 g/mol. The van der Waals surface area contributed by atoms with E-state index in [4.69, 9.17) is 0 Å². The first-order valence-corrected chi connectivity index (χ1v) is 11.6. The minimum Gasteiger partial charge on any atom is -0.249 e. The number of aromatic nitrogens is 1. The van der Waals surface area contributed by atoms with Crippen molar-refractivity contribution >= 4 is 21.8 Å². The van der Waals surface area contributed by atoms with Crippen molar-refractivity contribution in [1.29, 1.82) is 0 Å². The van der Waals surface area contributed by atoms with E-state index < -0.39 is 10.0 Å². The van der Waals surface area contributed by atoms with E-state index in [0.29, 0.717) is 11.4 Å². The molecule has 0 amide bonds. The summed E-state index contributed by atoms with van der Waals surface area (Å²) in [7, 11) is -3.51. The van der Waals surface area contributed by atoms with Crippen LogP contribution in [0, 0.1) is 6.92 Å². The van der Waals surface area contributed by atoms with Crippen molar-refractivity contribution in [1.82, 2.24) is 9.29 Å². The van der Waals surface area contributed by atoms with Gasteiger partial charge in [-0.05, 0) is 55.7 Å². The highest BCUT2D eigenvalue weighted by atomic mass is 32.2. The van der Waals surface area contributed by atoms with Crippen LogP contribution in [-0.2, 0) is 10.0 Å². The van der Waals surface area contributed by atoms with Crippen LogP contribution in [0.15, 0.2) is 87.7 Å². The Morgan fingerprint density at radius 1 is 1.00 bits per heavy atom. The Bertz CT molecular complexity index is 1030. The van der Waals surface area contributed by atoms with Gasteiger partial charge in [-0.1, -0.05) is 53.7 Å². The third-order valence-electron chi connectivity index (χ3n) is 4.94. The van der Waals surface area contributed by atoms with Gasteiger partial charge in [0.15, 0.2) is 0 Å². The maximum absolute atomic E-state index is 13.1. The Kier molecular flexibility index (Phi) is 5.53. The van der Waals surface area contributed by atoms with Gasteiger partial charge in [0.1, 0.15) is 5.03 Å². The summed E-state index contributed by atoms with van der Waals surface area (Å²) in [5.41, 5.74) is 2.00. The van der Waals surface area contributed by atoms with Crippen molar-refractivity contribution in [2.45, 2.75) is 40.6 Å². The van der Waals surface area contributed by atoms with Crippen LogP contribution in [0.1, 0.15) is 30.0 Å². The lowest BCUT2D eigenvalue weighted by atomic mass is 10.1. The summed E-state index contributed by atoms with van der Waals surface area (Å²) in [5.74, 6) is 0. The molecule has 1 fully saturated rings. The molecule has 0 bridgehead atoms. The fourth-order valence-electron chi connectivity index (χ4n) is 3.47. The topological polar surface area (TPSA) is 50.3 Å². The summed E-state index contributed by atoms with van der Waals surface area (Å²) < 4.78 is 27.9. The van der Waals surface area contributed by atoms with Crippen molar-refractivity contribution in [2.24, 2.45) is 0 Å². The first-order chi connectivity index (χ1) is 13.5. The Balaban J connectivity index is 1.55. The van der Waals surface area contributed by atoms with Crippen molar-refractivity contribution in [3.8, 4) is 0 Å². The minimum atomic E-state index is -3.51. The summed E-state index contributed by atoms with van der Waals surface area (Å²) in [5, 5.41) is 0.904. The Morgan fingerprint density at radius 3 is 2.43 bits per heavy atom. The Labute approximate surface area is 170 Å². The highest BCUT2D eigenvalue weighted by Crippen LogP contribution is 2.37. The van der Waals surface area contributed by atoms with Gasteiger partial charge in [0.25, 0.3) is 0 Å². The first kappa shape index (κ1) is 19.2. The average molecular weight is 411 g/mol. The number of benzene rings is 2. The van der Waals surface area contributed by atoms with Crippen LogP contribution in [0.2, 0.25) is 0 Å². The molecule has 2 aromatic carbocycles. The molecular weight excluding hydrogens is 388 g/mol. The van der Waals surface area contributed by atoms with E-state index in [-0.39, 0.29) is 6.04 Å². The summed E-state index contributed by atoms with van der Waals surface area (Å²) in [6.07, 6.45) is 3.49. The van der Waals surface area contributed by atoms with E-state index in [1.165, 1.54) is 0 Å². The molecule has 1 unspecified atom stereocenters. The quantitative estimate of drug-likeness (QED) is 0.589. The number of rotatable bonds is 5. The van der Waals surface area contributed by atoms with Gasteiger partial charge in [0, 0.05) is 17.6 Å². The van der Waals surface area contributed by atoms with Crippen LogP contribution in [0.25, 0.3) is 0 Å². The van der Waals surface area contributed by atoms with Crippen molar-refractivity contribution in [3.63, 3.8) is 0 Å². The first-order valence-electron chi connectivity index (χ1n) is 9.31. The van der Waals surface area contributed by atoms with E-state index >= 15 is 0 Å². The molecule has 4 nitrogen and oxygen atoms in total. The van der Waals surface area contributed by atoms with Crippen molar-refractivity contribution in [2.75, 3.05) is 6.54 Å². The largest absolute Gasteiger partial charge is 0.249 e. The van der Waals surface area contributed by atoms with Gasteiger partial charge in [0.05, 0.1) is 10.9 Å². The summed E-state index contributed by atoms with van der Waals surface area (Å²) in [6, 6.07) is 21.0. The molecule has 1 aliphatic rings. The molecule has 1 aromatic heterocycles. The predicted molar refractivity (Wildman–Crippen MR) is 112 cm³/mol. The van der Waals surface area contributed by atoms with Crippen LogP contribution in [-0.4, -0.2) is 24.3 Å². The zero-order chi connectivity index (χ0) is 19.6. The lowest BCUT2D eigenvalue weighted by molar-refractivity contribution is 0.396. The van der Waals surface area contributed by atoms with E-state index in [0.717, 1.165) is 33.9 Å². The second-order valence-electron chi connectivity index (χ2n) is 6.93. The molecule has 0 aliphatic carbocycles. The molecule has 0 saturated carbocycles. The van der Waals surface area contributed by atoms with Crippen molar-refractivity contribution in [3.05, 3.63) is 84.1 Å². The number of hydrogen-bond acceptors (Lipinski definition) is 4. The third kappa shape index (κ3) is 3.99. The number of aryl methyl sites for hydroxylation is 1. The van der Waals surface area contributed by atoms with Gasteiger partial charge in [-0.15, -0.1) is 0 Å². The van der Waals surface area contributed by atoms with Crippen LogP contribution >= 0.6 is 11.8 Å². The molecule has 4 rings (SSSR count). The third-order valence-corrected chi connectivity index (χ3v) is 7.82. The van der Waals surface area contributed by atoms with E-state index in [1.54, 1.807) is 28.2 Å². The molecule has 2 heterocycles. The van der Waals surface area contributed by atoms with Crippen molar-refractivity contribution < 1.29 is 8.42 Å². The summed E-state index contributed by atoms with van der Waals surface area (Å²) >= 11 is 1.60. The van der Waals surface area contributed by atoms with Crippen LogP contribution in [0.5, 0.6) is 0 Å². The maximum atomic E-state index is 13.1. The standard InChI is InChI=1S/C22H22N2O2S2/c1-17-9-12-20(13-10-17)28(25,26)24-15-5-8-21(24)18-11-14-22(23-16-18)27-19-6-3-2-4-7-19/h2-4,6-7,9-14,16,21H,5,8,15H2,1H3. The van der Waals surface area contributed by atoms with Gasteiger partial charge in [0.2, 0.25) is 10.0 Å². The molecule has 0 spiro atoms. The molecule has 1 saturated heterocycles. The van der Waals surface area contributed by atoms with Gasteiger partial charge in [-0.2, -0.15) is 4.31 Å². The molecule has 3 aromatic rings. The SMILES string of the molecule is Cc1ccc(S(=O)(=O)N2CCCC2c2ccc(Sc3ccccc3)nc2)cc1. The normalized spacial score (nSPS) is 17.7. The lowest BCUT2D eigenvalue weighted by Gasteiger charge is -2.24. The van der Waals surface area contributed by atoms with Gasteiger partial charge in [-0.3, -0.25) is 0 Å². The molecule has 0 radical (unpaired) electrons. The number of nitrogens with zero attached hydrogens (tertiary/aromatic N) is 2. The molecule has 0 N–H and O–H groups in total. The number of pyridine rings is 1. The molecule has 28 heavy (non-hydrogen) atoms. The van der Waals surface area contributed by atoms with E-state index in [9.17, 15) is 8.42 Å². The van der Waals surface area contributed by atoms with E-state index in [1.807, 2.05) is 67.7 Å². The van der Waals surface area contributed by atoms with Crippen LogP contribution < -0.4 is 0 Å². The molecular formula is C22H22N2O2S2. The lowest BCUT2D eigenvalue weighted by Crippen LogP contribution is -2.30. The second-order valence-corrected chi connectivity index (χ2v) is 9.92. The molecule has 1 atom stereocenters. The van der Waals surface area contributed by atoms with Crippen LogP contribution in [0.4, 0.5) is 0 Å². The smallest absolute Gasteiger partial charge is 0.243 e. The Morgan fingerprint density at radius 2 is 1.75 bits per heavy atom. The highest BCUT2D eigenvalue weighted by molar-refractivity contribution is 7.99. The average Bonchev–Trinajstić information content (AvgIpc) is 3.21. The fraction of sp³-hybridized carbons (Fsp3) is 0.227. The zero-order valence-corrected chi connectivity index (χ0v) is 17.3. The van der Waals surface area contributed by atoms with E-state index in [2.05, 4.69) is 4.98 Å². The van der Waals surface area contributed by atoms with Crippen LogP contribution in [0.3, 0.4) is 0 Å². The summed E-state index contributed by atoms with van der Waals surface area (Å²) in [6.45, 7) is 2.50. The van der Waals surface area contributed by atoms with Gasteiger partial charge < -0.3 is 0 Å². The zero-order valence-electron chi connectivity index (χ0n) is 15.7. The Hall–Kier alpha value is -2.15. The summed E-state index contributed by atoms with van der Waals surface area (Å²) in [4.78, 5) is 6.05. The second kappa shape index (κ2) is 8.07. The molecule has 6 heteroatoms. The minimum absolute atomic E-state index is 0.158. The van der Waals surface area contributed by atoms with Gasteiger partial charge in [-0.25, -0.2) is 13.4 Å².